The molecule has 0 atom stereocenters. The molecule has 2 aromatic rings. The number of aryl methyl sites for hydroxylation is 2. The third kappa shape index (κ3) is 3.78. The third-order valence-electron chi connectivity index (χ3n) is 3.61. The lowest BCUT2D eigenvalue weighted by molar-refractivity contribution is 0.0877. The highest BCUT2D eigenvalue weighted by atomic mass is 16.5. The van der Waals surface area contributed by atoms with Crippen LogP contribution < -0.4 is 4.74 Å². The summed E-state index contributed by atoms with van der Waals surface area (Å²) in [5.74, 6) is 1.55. The van der Waals surface area contributed by atoms with Gasteiger partial charge >= 0.3 is 0 Å². The van der Waals surface area contributed by atoms with Crippen LogP contribution in [0.25, 0.3) is 0 Å². The minimum atomic E-state index is 0.216. The third-order valence-corrected chi connectivity index (χ3v) is 3.61. The highest BCUT2D eigenvalue weighted by Crippen LogP contribution is 2.18. The van der Waals surface area contributed by atoms with Crippen molar-refractivity contribution < 1.29 is 9.26 Å². The molecule has 0 spiro atoms. The maximum atomic E-state index is 5.90. The molecule has 0 unspecified atom stereocenters. The molecule has 0 aliphatic carbocycles. The molecule has 3 heterocycles. The Morgan fingerprint density at radius 2 is 2.05 bits per heavy atom. The second-order valence-corrected chi connectivity index (χ2v) is 5.53. The van der Waals surface area contributed by atoms with E-state index in [0.29, 0.717) is 5.88 Å². The molecular formula is C15H20N4O2. The molecule has 6 heteroatoms. The first-order valence-electron chi connectivity index (χ1n) is 7.29. The molecule has 6 nitrogen and oxygen atoms in total. The average molecular weight is 288 g/mol. The number of likely N-dealkylation sites (tertiary alicyclic amines) is 1. The molecule has 1 aliphatic rings. The topological polar surface area (TPSA) is 64.3 Å². The Bertz CT molecular complexity index is 591. The van der Waals surface area contributed by atoms with Gasteiger partial charge in [0, 0.05) is 25.4 Å². The predicted molar refractivity (Wildman–Crippen MR) is 76.9 cm³/mol. The van der Waals surface area contributed by atoms with Gasteiger partial charge in [0.1, 0.15) is 6.10 Å². The minimum absolute atomic E-state index is 0.216. The molecular weight excluding hydrogens is 268 g/mol. The number of aromatic nitrogens is 3. The van der Waals surface area contributed by atoms with E-state index in [9.17, 15) is 0 Å². The van der Waals surface area contributed by atoms with Crippen molar-refractivity contribution in [3.05, 3.63) is 35.6 Å². The highest BCUT2D eigenvalue weighted by Gasteiger charge is 2.22. The Kier molecular flexibility index (Phi) is 4.15. The van der Waals surface area contributed by atoms with E-state index in [1.807, 2.05) is 19.9 Å². The van der Waals surface area contributed by atoms with Gasteiger partial charge < -0.3 is 9.26 Å². The van der Waals surface area contributed by atoms with Gasteiger partial charge in [0.25, 0.3) is 0 Å². The van der Waals surface area contributed by atoms with Gasteiger partial charge in [-0.25, -0.2) is 4.98 Å². The summed E-state index contributed by atoms with van der Waals surface area (Å²) in [6.45, 7) is 6.66. The average Bonchev–Trinajstić information content (AvgIpc) is 2.86. The molecule has 0 bridgehead atoms. The first-order valence-corrected chi connectivity index (χ1v) is 7.29. The second-order valence-electron chi connectivity index (χ2n) is 5.53. The van der Waals surface area contributed by atoms with Crippen LogP contribution in [0.5, 0.6) is 5.88 Å². The van der Waals surface area contributed by atoms with Crippen LogP contribution in [0.15, 0.2) is 23.0 Å². The van der Waals surface area contributed by atoms with Crippen molar-refractivity contribution in [1.29, 1.82) is 0 Å². The minimum Gasteiger partial charge on any atom is -0.473 e. The fraction of sp³-hybridized carbons (Fsp3) is 0.533. The summed E-state index contributed by atoms with van der Waals surface area (Å²) in [4.78, 5) is 10.8. The number of hydrogen-bond acceptors (Lipinski definition) is 6. The predicted octanol–water partition coefficient (Wildman–Crippen LogP) is 2.12. The van der Waals surface area contributed by atoms with Crippen LogP contribution in [0.1, 0.15) is 30.0 Å². The Balaban J connectivity index is 1.48. The zero-order valence-electron chi connectivity index (χ0n) is 12.5. The number of piperidine rings is 1. The van der Waals surface area contributed by atoms with E-state index >= 15 is 0 Å². The van der Waals surface area contributed by atoms with Gasteiger partial charge in [-0.2, -0.15) is 0 Å². The number of hydrogen-bond donors (Lipinski definition) is 0. The van der Waals surface area contributed by atoms with Gasteiger partial charge in [0.2, 0.25) is 5.88 Å². The van der Waals surface area contributed by atoms with E-state index in [1.165, 1.54) is 0 Å². The summed E-state index contributed by atoms with van der Waals surface area (Å²) in [6.07, 6.45) is 5.60. The summed E-state index contributed by atoms with van der Waals surface area (Å²) < 4.78 is 11.2. The summed E-state index contributed by atoms with van der Waals surface area (Å²) in [5.41, 5.74) is 1.81. The standard InChI is InChI=1S/C15H20N4O2/c1-11-7-14(21-18-11)10-19-5-3-13(4-6-19)20-15-9-16-8-12(2)17-15/h7-9,13H,3-6,10H2,1-2H3. The van der Waals surface area contributed by atoms with Gasteiger partial charge in [-0.3, -0.25) is 9.88 Å². The molecule has 1 aliphatic heterocycles. The molecule has 1 fully saturated rings. The molecule has 112 valence electrons. The SMILES string of the molecule is Cc1cc(CN2CCC(Oc3cncc(C)n3)CC2)on1. The molecule has 0 radical (unpaired) electrons. The van der Waals surface area contributed by atoms with Crippen LogP contribution >= 0.6 is 0 Å². The fourth-order valence-electron chi connectivity index (χ4n) is 2.56. The van der Waals surface area contributed by atoms with Crippen molar-refractivity contribution in [3.63, 3.8) is 0 Å². The van der Waals surface area contributed by atoms with Crippen molar-refractivity contribution in [2.75, 3.05) is 13.1 Å². The lowest BCUT2D eigenvalue weighted by Gasteiger charge is -2.31. The molecule has 0 aromatic carbocycles. The normalized spacial score (nSPS) is 17.0. The van der Waals surface area contributed by atoms with Crippen molar-refractivity contribution in [2.45, 2.75) is 39.3 Å². The Morgan fingerprint density at radius 3 is 2.71 bits per heavy atom. The van der Waals surface area contributed by atoms with E-state index in [0.717, 1.165) is 49.6 Å². The van der Waals surface area contributed by atoms with Crippen LogP contribution in [0, 0.1) is 13.8 Å². The molecule has 0 amide bonds. The lowest BCUT2D eigenvalue weighted by Crippen LogP contribution is -2.37. The molecule has 3 rings (SSSR count). The Hall–Kier alpha value is -1.95. The molecule has 0 saturated carbocycles. The molecule has 0 N–H and O–H groups in total. The quantitative estimate of drug-likeness (QED) is 0.858. The van der Waals surface area contributed by atoms with Crippen LogP contribution in [-0.2, 0) is 6.54 Å². The Labute approximate surface area is 124 Å². The van der Waals surface area contributed by atoms with Gasteiger partial charge in [-0.1, -0.05) is 5.16 Å². The zero-order chi connectivity index (χ0) is 14.7. The summed E-state index contributed by atoms with van der Waals surface area (Å²) in [7, 11) is 0. The van der Waals surface area contributed by atoms with Crippen LogP contribution in [0.2, 0.25) is 0 Å². The van der Waals surface area contributed by atoms with Crippen LogP contribution in [0.3, 0.4) is 0 Å². The van der Waals surface area contributed by atoms with Crippen LogP contribution in [0.4, 0.5) is 0 Å². The first kappa shape index (κ1) is 14.0. The smallest absolute Gasteiger partial charge is 0.232 e. The Morgan fingerprint density at radius 1 is 1.24 bits per heavy atom. The number of rotatable bonds is 4. The number of nitrogens with zero attached hydrogens (tertiary/aromatic N) is 4. The van der Waals surface area contributed by atoms with Gasteiger partial charge in [-0.15, -0.1) is 0 Å². The highest BCUT2D eigenvalue weighted by molar-refractivity contribution is 5.07. The van der Waals surface area contributed by atoms with E-state index in [2.05, 4.69) is 20.0 Å². The van der Waals surface area contributed by atoms with E-state index in [-0.39, 0.29) is 6.10 Å². The van der Waals surface area contributed by atoms with E-state index < -0.39 is 0 Å². The summed E-state index contributed by atoms with van der Waals surface area (Å²) in [6, 6.07) is 1.99. The fourth-order valence-corrected chi connectivity index (χ4v) is 2.56. The number of ether oxygens (including phenoxy) is 1. The largest absolute Gasteiger partial charge is 0.473 e. The molecule has 21 heavy (non-hydrogen) atoms. The van der Waals surface area contributed by atoms with Gasteiger partial charge in [-0.05, 0) is 26.7 Å². The van der Waals surface area contributed by atoms with Crippen molar-refractivity contribution >= 4 is 0 Å². The van der Waals surface area contributed by atoms with Crippen molar-refractivity contribution in [3.8, 4) is 5.88 Å². The van der Waals surface area contributed by atoms with E-state index in [1.54, 1.807) is 12.4 Å². The molecule has 1 saturated heterocycles. The second kappa shape index (κ2) is 6.22. The zero-order valence-corrected chi connectivity index (χ0v) is 12.5. The maximum Gasteiger partial charge on any atom is 0.232 e. The lowest BCUT2D eigenvalue weighted by atomic mass is 10.1. The van der Waals surface area contributed by atoms with Crippen LogP contribution in [-0.4, -0.2) is 39.2 Å². The van der Waals surface area contributed by atoms with Crippen molar-refractivity contribution in [1.82, 2.24) is 20.0 Å². The van der Waals surface area contributed by atoms with Gasteiger partial charge in [0.05, 0.1) is 24.1 Å². The first-order chi connectivity index (χ1) is 10.2. The van der Waals surface area contributed by atoms with E-state index in [4.69, 9.17) is 9.26 Å². The maximum absolute atomic E-state index is 5.90. The van der Waals surface area contributed by atoms with Gasteiger partial charge in [0.15, 0.2) is 5.76 Å². The van der Waals surface area contributed by atoms with Crippen molar-refractivity contribution in [2.24, 2.45) is 0 Å². The summed E-state index contributed by atoms with van der Waals surface area (Å²) in [5, 5.41) is 3.92. The monoisotopic (exact) mass is 288 g/mol. The summed E-state index contributed by atoms with van der Waals surface area (Å²) >= 11 is 0. The molecule has 2 aromatic heterocycles.